The van der Waals surface area contributed by atoms with Crippen LogP contribution in [0.25, 0.3) is 17.4 Å². The van der Waals surface area contributed by atoms with Crippen molar-refractivity contribution < 1.29 is 23.6 Å². The molecule has 222 valence electrons. The Hall–Kier alpha value is -4.77. The van der Waals surface area contributed by atoms with Gasteiger partial charge in [0.2, 0.25) is 0 Å². The molecule has 11 heteroatoms. The number of ether oxygens (including phenoxy) is 2. The summed E-state index contributed by atoms with van der Waals surface area (Å²) in [4.78, 5) is 43.2. The first-order valence-electron chi connectivity index (χ1n) is 13.8. The van der Waals surface area contributed by atoms with E-state index >= 15 is 0 Å². The second-order valence-electron chi connectivity index (χ2n) is 10.4. The zero-order valence-electron chi connectivity index (χ0n) is 24.7. The summed E-state index contributed by atoms with van der Waals surface area (Å²) in [6.45, 7) is 11.0. The third-order valence-electron chi connectivity index (χ3n) is 7.11. The number of carbonyl (C=O) groups excluding carboxylic acids is 1. The fourth-order valence-corrected chi connectivity index (χ4v) is 6.02. The van der Waals surface area contributed by atoms with E-state index in [2.05, 4.69) is 4.99 Å². The van der Waals surface area contributed by atoms with Gasteiger partial charge in [0.05, 0.1) is 39.5 Å². The molecule has 0 fully saturated rings. The SMILES string of the molecule is CCOC(=O)C1=C(C)N=c2s/c(=C\c3ccc(-c4cc(C)c(C)c([N+](=O)[O-])c4)o3)c(=O)n2[C@@H]1c1ccc(OC(C)C)cc1. The highest BCUT2D eigenvalue weighted by Gasteiger charge is 2.33. The molecule has 0 N–H and O–H groups in total. The largest absolute Gasteiger partial charge is 0.491 e. The number of thiazole rings is 1. The van der Waals surface area contributed by atoms with Crippen LogP contribution in [0.2, 0.25) is 0 Å². The highest BCUT2D eigenvalue weighted by atomic mass is 32.1. The Morgan fingerprint density at radius 3 is 2.53 bits per heavy atom. The molecule has 2 aromatic heterocycles. The number of allylic oxidation sites excluding steroid dienone is 1. The molecular weight excluding hydrogens is 570 g/mol. The van der Waals surface area contributed by atoms with Gasteiger partial charge < -0.3 is 13.9 Å². The van der Waals surface area contributed by atoms with Crippen LogP contribution in [0, 0.1) is 24.0 Å². The first-order chi connectivity index (χ1) is 20.5. The molecule has 0 saturated carbocycles. The van der Waals surface area contributed by atoms with E-state index in [0.717, 1.165) is 5.56 Å². The van der Waals surface area contributed by atoms with Gasteiger partial charge in [-0.1, -0.05) is 23.5 Å². The van der Waals surface area contributed by atoms with E-state index in [0.29, 0.717) is 49.0 Å². The maximum absolute atomic E-state index is 13.9. The molecule has 3 heterocycles. The summed E-state index contributed by atoms with van der Waals surface area (Å²) in [5.41, 5.74) is 3.06. The van der Waals surface area contributed by atoms with Gasteiger partial charge >= 0.3 is 5.97 Å². The molecule has 0 saturated heterocycles. The van der Waals surface area contributed by atoms with Crippen molar-refractivity contribution >= 4 is 29.1 Å². The maximum Gasteiger partial charge on any atom is 0.338 e. The van der Waals surface area contributed by atoms with E-state index in [-0.39, 0.29) is 29.5 Å². The molecule has 0 amide bonds. The second kappa shape index (κ2) is 11.8. The van der Waals surface area contributed by atoms with Crippen molar-refractivity contribution in [3.8, 4) is 17.1 Å². The number of furan rings is 1. The van der Waals surface area contributed by atoms with Crippen LogP contribution in [0.5, 0.6) is 5.75 Å². The second-order valence-corrected chi connectivity index (χ2v) is 11.4. The smallest absolute Gasteiger partial charge is 0.338 e. The van der Waals surface area contributed by atoms with Crippen LogP contribution < -0.4 is 19.6 Å². The van der Waals surface area contributed by atoms with Crippen LogP contribution in [-0.2, 0) is 9.53 Å². The van der Waals surface area contributed by atoms with Crippen molar-refractivity contribution in [3.63, 3.8) is 0 Å². The van der Waals surface area contributed by atoms with Gasteiger partial charge in [0.15, 0.2) is 4.80 Å². The minimum absolute atomic E-state index is 0.00646. The van der Waals surface area contributed by atoms with Gasteiger partial charge in [0.25, 0.3) is 11.2 Å². The average Bonchev–Trinajstić information content (AvgIpc) is 3.53. The number of esters is 1. The molecule has 1 atom stereocenters. The van der Waals surface area contributed by atoms with Crippen molar-refractivity contribution in [1.82, 2.24) is 4.57 Å². The maximum atomic E-state index is 13.9. The summed E-state index contributed by atoms with van der Waals surface area (Å²) >= 11 is 1.18. The average molecular weight is 602 g/mol. The first-order valence-corrected chi connectivity index (χ1v) is 14.6. The molecule has 43 heavy (non-hydrogen) atoms. The molecule has 1 aliphatic heterocycles. The molecule has 1 aliphatic rings. The molecule has 0 spiro atoms. The van der Waals surface area contributed by atoms with E-state index < -0.39 is 16.9 Å². The number of rotatable bonds is 8. The first kappa shape index (κ1) is 29.7. The number of hydrogen-bond donors (Lipinski definition) is 0. The molecular formula is C32H31N3O7S. The summed E-state index contributed by atoms with van der Waals surface area (Å²) < 4.78 is 19.0. The lowest BCUT2D eigenvalue weighted by Crippen LogP contribution is -2.39. The van der Waals surface area contributed by atoms with Gasteiger partial charge in [-0.15, -0.1) is 0 Å². The number of nitro benzene ring substituents is 1. The van der Waals surface area contributed by atoms with Gasteiger partial charge in [0, 0.05) is 23.3 Å². The van der Waals surface area contributed by atoms with Gasteiger partial charge in [-0.3, -0.25) is 19.5 Å². The van der Waals surface area contributed by atoms with Crippen molar-refractivity contribution in [3.05, 3.63) is 112 Å². The monoisotopic (exact) mass is 601 g/mol. The molecule has 0 unspecified atom stereocenters. The summed E-state index contributed by atoms with van der Waals surface area (Å²) in [5, 5.41) is 11.5. The van der Waals surface area contributed by atoms with Gasteiger partial charge in [-0.2, -0.15) is 0 Å². The Morgan fingerprint density at radius 1 is 1.16 bits per heavy atom. The standard InChI is InChI=1S/C32H31N3O7S/c1-7-40-31(37)28-20(6)33-32-34(29(28)21-8-10-23(11-9-21)41-17(2)3)30(36)27(43-32)16-24-12-13-26(42-24)22-14-18(4)19(5)25(15-22)35(38)39/h8-17,29H,7H2,1-6H3/b27-16-/t29-/m1/s1. The molecule has 0 bridgehead atoms. The Balaban J connectivity index is 1.60. The highest BCUT2D eigenvalue weighted by molar-refractivity contribution is 7.07. The number of benzene rings is 2. The minimum Gasteiger partial charge on any atom is -0.491 e. The van der Waals surface area contributed by atoms with Crippen molar-refractivity contribution in [2.75, 3.05) is 6.61 Å². The van der Waals surface area contributed by atoms with Crippen LogP contribution >= 0.6 is 11.3 Å². The fraction of sp³-hybridized carbons (Fsp3) is 0.281. The van der Waals surface area contributed by atoms with Crippen LogP contribution in [0.3, 0.4) is 0 Å². The zero-order chi connectivity index (χ0) is 31.0. The molecule has 0 radical (unpaired) electrons. The summed E-state index contributed by atoms with van der Waals surface area (Å²) in [6.07, 6.45) is 1.61. The van der Waals surface area contributed by atoms with Crippen molar-refractivity contribution in [1.29, 1.82) is 0 Å². The molecule has 2 aromatic carbocycles. The third kappa shape index (κ3) is 5.80. The Bertz CT molecular complexity index is 1950. The van der Waals surface area contributed by atoms with Gasteiger partial charge in [-0.05, 0) is 83.0 Å². The Labute approximate surface area is 251 Å². The molecule has 5 rings (SSSR count). The van der Waals surface area contributed by atoms with E-state index in [1.54, 1.807) is 39.0 Å². The normalized spacial score (nSPS) is 15.0. The lowest BCUT2D eigenvalue weighted by Gasteiger charge is -2.25. The van der Waals surface area contributed by atoms with E-state index in [9.17, 15) is 19.7 Å². The van der Waals surface area contributed by atoms with Crippen LogP contribution in [0.4, 0.5) is 5.69 Å². The van der Waals surface area contributed by atoms with Crippen molar-refractivity contribution in [2.24, 2.45) is 4.99 Å². The predicted octanol–water partition coefficient (Wildman–Crippen LogP) is 5.37. The minimum atomic E-state index is -0.756. The number of fused-ring (bicyclic) bond motifs is 1. The summed E-state index contributed by atoms with van der Waals surface area (Å²) in [7, 11) is 0. The zero-order valence-corrected chi connectivity index (χ0v) is 25.5. The fourth-order valence-electron chi connectivity index (χ4n) is 5.00. The Morgan fingerprint density at radius 2 is 1.88 bits per heavy atom. The quantitative estimate of drug-likeness (QED) is 0.151. The summed E-state index contributed by atoms with van der Waals surface area (Å²) in [5.74, 6) is 0.970. The number of nitrogens with zero attached hydrogens (tertiary/aromatic N) is 3. The predicted molar refractivity (Wildman–Crippen MR) is 163 cm³/mol. The number of aryl methyl sites for hydroxylation is 1. The number of nitro groups is 1. The summed E-state index contributed by atoms with van der Waals surface area (Å²) in [6, 6.07) is 13.3. The topological polar surface area (TPSA) is 126 Å². The van der Waals surface area contributed by atoms with Crippen molar-refractivity contribution in [2.45, 2.75) is 53.7 Å². The lowest BCUT2D eigenvalue weighted by atomic mass is 9.96. The Kier molecular flexibility index (Phi) is 8.19. The lowest BCUT2D eigenvalue weighted by molar-refractivity contribution is -0.385. The van der Waals surface area contributed by atoms with Crippen LogP contribution in [0.15, 0.2) is 74.0 Å². The third-order valence-corrected chi connectivity index (χ3v) is 8.09. The van der Waals surface area contributed by atoms with E-state index in [1.165, 1.54) is 22.0 Å². The van der Waals surface area contributed by atoms with Gasteiger partial charge in [-0.25, -0.2) is 9.79 Å². The molecule has 4 aromatic rings. The highest BCUT2D eigenvalue weighted by Crippen LogP contribution is 2.33. The number of aromatic nitrogens is 1. The molecule has 10 nitrogen and oxygen atoms in total. The number of carbonyl (C=O) groups is 1. The van der Waals surface area contributed by atoms with Crippen LogP contribution in [0.1, 0.15) is 56.2 Å². The van der Waals surface area contributed by atoms with E-state index in [1.807, 2.05) is 51.1 Å². The molecule has 0 aliphatic carbocycles. The van der Waals surface area contributed by atoms with Gasteiger partial charge in [0.1, 0.15) is 17.3 Å². The van der Waals surface area contributed by atoms with Crippen LogP contribution in [-0.4, -0.2) is 28.2 Å². The van der Waals surface area contributed by atoms with E-state index in [4.69, 9.17) is 13.9 Å². The number of hydrogen-bond acceptors (Lipinski definition) is 9.